The minimum absolute atomic E-state index is 0.0186. The molecule has 16 heavy (non-hydrogen) atoms. The van der Waals surface area contributed by atoms with E-state index in [1.165, 1.54) is 0 Å². The van der Waals surface area contributed by atoms with E-state index in [4.69, 9.17) is 4.74 Å². The second kappa shape index (κ2) is 4.63. The summed E-state index contributed by atoms with van der Waals surface area (Å²) in [5.41, 5.74) is -0.0186. The van der Waals surface area contributed by atoms with Crippen molar-refractivity contribution < 1.29 is 4.74 Å². The molecule has 88 valence electrons. The first kappa shape index (κ1) is 12.3. The number of ether oxygens (including phenoxy) is 1. The summed E-state index contributed by atoms with van der Waals surface area (Å²) in [5.74, 6) is 0.879. The van der Waals surface area contributed by atoms with Gasteiger partial charge in [-0.3, -0.25) is 0 Å². The Morgan fingerprint density at radius 2 is 2.06 bits per heavy atom. The zero-order valence-corrected chi connectivity index (χ0v) is 12.1. The molecule has 1 fully saturated rings. The van der Waals surface area contributed by atoms with E-state index in [0.717, 1.165) is 28.7 Å². The first-order valence-corrected chi connectivity index (χ1v) is 6.92. The van der Waals surface area contributed by atoms with Crippen LogP contribution in [0.5, 0.6) is 0 Å². The van der Waals surface area contributed by atoms with Gasteiger partial charge in [-0.15, -0.1) is 0 Å². The van der Waals surface area contributed by atoms with Gasteiger partial charge in [-0.2, -0.15) is 0 Å². The van der Waals surface area contributed by atoms with Crippen molar-refractivity contribution in [1.82, 2.24) is 9.97 Å². The van der Waals surface area contributed by atoms with Crippen LogP contribution in [0, 0.1) is 0 Å². The summed E-state index contributed by atoms with van der Waals surface area (Å²) in [6.45, 7) is 8.02. The summed E-state index contributed by atoms with van der Waals surface area (Å²) in [4.78, 5) is 9.01. The van der Waals surface area contributed by atoms with Gasteiger partial charge in [0.1, 0.15) is 15.5 Å². The third-order valence-corrected chi connectivity index (χ3v) is 3.70. The molecule has 1 aliphatic heterocycles. The van der Waals surface area contributed by atoms with E-state index in [0.29, 0.717) is 5.25 Å². The van der Waals surface area contributed by atoms with Crippen LogP contribution in [0.3, 0.4) is 0 Å². The van der Waals surface area contributed by atoms with Gasteiger partial charge in [-0.25, -0.2) is 9.97 Å². The van der Waals surface area contributed by atoms with Crippen molar-refractivity contribution in [3.63, 3.8) is 0 Å². The predicted octanol–water partition coefficient (Wildman–Crippen LogP) is 3.03. The highest BCUT2D eigenvalue weighted by atomic mass is 79.9. The summed E-state index contributed by atoms with van der Waals surface area (Å²) in [6.07, 6.45) is 0. The van der Waals surface area contributed by atoms with Gasteiger partial charge in [0.05, 0.1) is 18.5 Å². The molecule has 0 N–H and O–H groups in total. The predicted molar refractivity (Wildman–Crippen MR) is 68.9 cm³/mol. The standard InChI is InChI=1S/C11H15BrN2OS/c1-11(2,3)10-13-8(12)4-9(14-10)16-7-5-15-6-7/h4,7H,5-6H2,1-3H3. The first-order chi connectivity index (χ1) is 7.45. The topological polar surface area (TPSA) is 35.0 Å². The van der Waals surface area contributed by atoms with Crippen LogP contribution in [-0.2, 0) is 10.2 Å². The SMILES string of the molecule is CC(C)(C)c1nc(Br)cc(SC2COC2)n1. The average Bonchev–Trinajstić information content (AvgIpc) is 2.09. The van der Waals surface area contributed by atoms with Crippen LogP contribution < -0.4 is 0 Å². The van der Waals surface area contributed by atoms with Gasteiger partial charge in [0.15, 0.2) is 0 Å². The van der Waals surface area contributed by atoms with E-state index < -0.39 is 0 Å². The maximum absolute atomic E-state index is 5.16. The van der Waals surface area contributed by atoms with Crippen LogP contribution in [0.15, 0.2) is 15.7 Å². The zero-order valence-electron chi connectivity index (χ0n) is 9.66. The van der Waals surface area contributed by atoms with E-state index in [-0.39, 0.29) is 5.41 Å². The highest BCUT2D eigenvalue weighted by molar-refractivity contribution is 9.10. The summed E-state index contributed by atoms with van der Waals surface area (Å²) < 4.78 is 6.02. The van der Waals surface area contributed by atoms with Crippen molar-refractivity contribution in [2.45, 2.75) is 36.5 Å². The van der Waals surface area contributed by atoms with Crippen LogP contribution >= 0.6 is 27.7 Å². The summed E-state index contributed by atoms with van der Waals surface area (Å²) in [5, 5.41) is 1.58. The zero-order chi connectivity index (χ0) is 11.8. The number of thioether (sulfide) groups is 1. The molecular weight excluding hydrogens is 288 g/mol. The fraction of sp³-hybridized carbons (Fsp3) is 0.636. The van der Waals surface area contributed by atoms with Crippen LogP contribution in [0.2, 0.25) is 0 Å². The molecule has 2 rings (SSSR count). The van der Waals surface area contributed by atoms with Gasteiger partial charge in [0.2, 0.25) is 0 Å². The third-order valence-electron chi connectivity index (χ3n) is 2.24. The summed E-state index contributed by atoms with van der Waals surface area (Å²) >= 11 is 5.21. The highest BCUT2D eigenvalue weighted by Gasteiger charge is 2.23. The largest absolute Gasteiger partial charge is 0.379 e. The molecule has 0 radical (unpaired) electrons. The number of rotatable bonds is 2. The molecule has 1 aromatic heterocycles. The van der Waals surface area contributed by atoms with Crippen molar-refractivity contribution >= 4 is 27.7 Å². The Bertz CT molecular complexity index is 388. The summed E-state index contributed by atoms with van der Waals surface area (Å²) in [6, 6.07) is 1.97. The van der Waals surface area contributed by atoms with Gasteiger partial charge in [-0.1, -0.05) is 32.5 Å². The lowest BCUT2D eigenvalue weighted by Crippen LogP contribution is -2.30. The lowest BCUT2D eigenvalue weighted by molar-refractivity contribution is 0.0454. The lowest BCUT2D eigenvalue weighted by Gasteiger charge is -2.25. The minimum Gasteiger partial charge on any atom is -0.379 e. The molecule has 1 saturated heterocycles. The number of hydrogen-bond acceptors (Lipinski definition) is 4. The molecule has 0 atom stereocenters. The maximum atomic E-state index is 5.16. The van der Waals surface area contributed by atoms with E-state index in [1.54, 1.807) is 11.8 Å². The van der Waals surface area contributed by atoms with Crippen molar-refractivity contribution in [2.75, 3.05) is 13.2 Å². The molecule has 0 bridgehead atoms. The maximum Gasteiger partial charge on any atom is 0.136 e. The monoisotopic (exact) mass is 302 g/mol. The first-order valence-electron chi connectivity index (χ1n) is 5.24. The Morgan fingerprint density at radius 1 is 1.38 bits per heavy atom. The van der Waals surface area contributed by atoms with Gasteiger partial charge in [0, 0.05) is 11.5 Å². The van der Waals surface area contributed by atoms with E-state index in [9.17, 15) is 0 Å². The fourth-order valence-corrected chi connectivity index (χ4v) is 2.77. The van der Waals surface area contributed by atoms with Crippen molar-refractivity contribution in [2.24, 2.45) is 0 Å². The van der Waals surface area contributed by atoms with Crippen LogP contribution in [-0.4, -0.2) is 28.4 Å². The molecule has 1 aliphatic rings. The second-order valence-corrected chi connectivity index (χ2v) is 7.01. The molecule has 0 aliphatic carbocycles. The van der Waals surface area contributed by atoms with E-state index >= 15 is 0 Å². The second-order valence-electron chi connectivity index (χ2n) is 4.88. The minimum atomic E-state index is -0.0186. The molecule has 1 aromatic rings. The molecule has 5 heteroatoms. The number of aromatic nitrogens is 2. The third kappa shape index (κ3) is 2.96. The van der Waals surface area contributed by atoms with Gasteiger partial charge in [-0.05, 0) is 15.9 Å². The average molecular weight is 303 g/mol. The smallest absolute Gasteiger partial charge is 0.136 e. The Kier molecular flexibility index (Phi) is 3.56. The molecule has 0 saturated carbocycles. The quantitative estimate of drug-likeness (QED) is 0.787. The molecule has 0 unspecified atom stereocenters. The normalized spacial score (nSPS) is 17.2. The molecule has 2 heterocycles. The number of hydrogen-bond donors (Lipinski definition) is 0. The van der Waals surface area contributed by atoms with Gasteiger partial charge in [0.25, 0.3) is 0 Å². The molecule has 0 aromatic carbocycles. The lowest BCUT2D eigenvalue weighted by atomic mass is 9.96. The van der Waals surface area contributed by atoms with Crippen LogP contribution in [0.1, 0.15) is 26.6 Å². The molecule has 0 amide bonds. The van der Waals surface area contributed by atoms with Gasteiger partial charge < -0.3 is 4.74 Å². The Balaban J connectivity index is 2.21. The molecule has 3 nitrogen and oxygen atoms in total. The number of nitrogens with zero attached hydrogens (tertiary/aromatic N) is 2. The van der Waals surface area contributed by atoms with Crippen molar-refractivity contribution in [3.05, 3.63) is 16.5 Å². The van der Waals surface area contributed by atoms with Gasteiger partial charge >= 0.3 is 0 Å². The Hall–Kier alpha value is -0.130. The van der Waals surface area contributed by atoms with Crippen molar-refractivity contribution in [3.8, 4) is 0 Å². The summed E-state index contributed by atoms with van der Waals surface area (Å²) in [7, 11) is 0. The van der Waals surface area contributed by atoms with Crippen LogP contribution in [0.25, 0.3) is 0 Å². The fourth-order valence-electron chi connectivity index (χ4n) is 1.25. The van der Waals surface area contributed by atoms with Crippen molar-refractivity contribution in [1.29, 1.82) is 0 Å². The Morgan fingerprint density at radius 3 is 2.56 bits per heavy atom. The van der Waals surface area contributed by atoms with E-state index in [1.807, 2.05) is 6.07 Å². The Labute approximate surface area is 109 Å². The molecular formula is C11H15BrN2OS. The molecule has 0 spiro atoms. The van der Waals surface area contributed by atoms with Crippen LogP contribution in [0.4, 0.5) is 0 Å². The number of halogens is 1. The van der Waals surface area contributed by atoms with E-state index in [2.05, 4.69) is 46.7 Å². The highest BCUT2D eigenvalue weighted by Crippen LogP contribution is 2.30.